The predicted octanol–water partition coefficient (Wildman–Crippen LogP) is 4.92. The van der Waals surface area contributed by atoms with E-state index < -0.39 is 0 Å². The lowest BCUT2D eigenvalue weighted by atomic mass is 9.68. The molecule has 2 heteroatoms. The minimum atomic E-state index is -0.261. The topological polar surface area (TPSA) is 26.3 Å². The summed E-state index contributed by atoms with van der Waals surface area (Å²) in [5, 5.41) is 0. The summed E-state index contributed by atoms with van der Waals surface area (Å²) in [6.07, 6.45) is 8.32. The maximum Gasteiger partial charge on any atom is 0.144 e. The van der Waals surface area contributed by atoms with E-state index in [0.29, 0.717) is 5.78 Å². The number of ketones is 1. The third-order valence-corrected chi connectivity index (χ3v) is 3.87. The number of ether oxygens (including phenoxy) is 1. The first kappa shape index (κ1) is 17.4. The van der Waals surface area contributed by atoms with E-state index in [1.165, 1.54) is 0 Å². The number of carbonyl (C=O) groups is 1. The van der Waals surface area contributed by atoms with Crippen molar-refractivity contribution in [2.45, 2.75) is 85.9 Å². The summed E-state index contributed by atoms with van der Waals surface area (Å²) in [5.41, 5.74) is -0.594. The minimum Gasteiger partial charge on any atom is -0.369 e. The van der Waals surface area contributed by atoms with Gasteiger partial charge in [0, 0.05) is 10.8 Å². The molecule has 0 amide bonds. The predicted molar refractivity (Wildman–Crippen MR) is 84.8 cm³/mol. The van der Waals surface area contributed by atoms with E-state index in [1.807, 2.05) is 20.8 Å². The van der Waals surface area contributed by atoms with E-state index in [1.54, 1.807) is 0 Å². The Morgan fingerprint density at radius 2 is 1.80 bits per heavy atom. The Hall–Kier alpha value is -0.630. The van der Waals surface area contributed by atoms with Gasteiger partial charge in [-0.15, -0.1) is 0 Å². The van der Waals surface area contributed by atoms with Crippen LogP contribution < -0.4 is 0 Å². The normalized spacial score (nSPS) is 30.4. The van der Waals surface area contributed by atoms with Crippen LogP contribution in [0.5, 0.6) is 0 Å². The Morgan fingerprint density at radius 3 is 2.30 bits per heavy atom. The molecule has 0 N–H and O–H groups in total. The number of Topliss-reactive ketones (excluding diaryl/α,β-unsaturated/α-hetero) is 1. The molecular weight excluding hydrogens is 248 g/mol. The highest BCUT2D eigenvalue weighted by atomic mass is 16.5. The number of hydrogen-bond donors (Lipinski definition) is 0. The fraction of sp³-hybridized carbons (Fsp3) is 0.833. The van der Waals surface area contributed by atoms with Gasteiger partial charge in [0.25, 0.3) is 0 Å². The Labute approximate surface area is 125 Å². The maximum absolute atomic E-state index is 12.7. The molecular formula is C18H32O2. The van der Waals surface area contributed by atoms with Crippen LogP contribution in [-0.4, -0.2) is 17.5 Å². The third-order valence-electron chi connectivity index (χ3n) is 3.87. The largest absolute Gasteiger partial charge is 0.369 e. The molecule has 2 nitrogen and oxygen atoms in total. The van der Waals surface area contributed by atoms with E-state index >= 15 is 0 Å². The molecule has 1 aliphatic rings. The third kappa shape index (κ3) is 5.05. The molecule has 0 saturated heterocycles. The Kier molecular flexibility index (Phi) is 5.23. The highest BCUT2D eigenvalue weighted by Crippen LogP contribution is 2.38. The van der Waals surface area contributed by atoms with Crippen LogP contribution in [0, 0.1) is 10.8 Å². The van der Waals surface area contributed by atoms with Gasteiger partial charge in [0.1, 0.15) is 5.78 Å². The van der Waals surface area contributed by atoms with Gasteiger partial charge in [-0.3, -0.25) is 4.79 Å². The zero-order valence-electron chi connectivity index (χ0n) is 14.4. The van der Waals surface area contributed by atoms with Gasteiger partial charge in [-0.25, -0.2) is 0 Å². The number of hydrogen-bond acceptors (Lipinski definition) is 2. The summed E-state index contributed by atoms with van der Waals surface area (Å²) in [6, 6.07) is 0. The molecule has 0 aromatic carbocycles. The zero-order chi connectivity index (χ0) is 15.6. The number of rotatable bonds is 2. The average Bonchev–Trinajstić information content (AvgIpc) is 2.21. The molecule has 0 saturated carbocycles. The lowest BCUT2D eigenvalue weighted by molar-refractivity contribution is -0.136. The van der Waals surface area contributed by atoms with Crippen LogP contribution in [-0.2, 0) is 9.53 Å². The highest BCUT2D eigenvalue weighted by Gasteiger charge is 2.39. The second-order valence-corrected chi connectivity index (χ2v) is 8.43. The summed E-state index contributed by atoms with van der Waals surface area (Å²) in [5.74, 6) is 0.379. The van der Waals surface area contributed by atoms with Crippen molar-refractivity contribution >= 4 is 5.78 Å². The van der Waals surface area contributed by atoms with Gasteiger partial charge in [0.15, 0.2) is 0 Å². The highest BCUT2D eigenvalue weighted by molar-refractivity contribution is 5.89. The van der Waals surface area contributed by atoms with E-state index in [0.717, 1.165) is 25.7 Å². The molecule has 0 spiro atoms. The fourth-order valence-electron chi connectivity index (χ4n) is 3.04. The number of carbonyl (C=O) groups excluding carboxylic acids is 1. The Bertz CT molecular complexity index is 368. The van der Waals surface area contributed by atoms with E-state index in [9.17, 15) is 4.79 Å². The average molecular weight is 280 g/mol. The molecule has 0 unspecified atom stereocenters. The molecule has 0 bridgehead atoms. The SMILES string of the molecule is CC(C)(C)O[C@@H]1/C=C/C[C@](C)(C(=O)C(C)(C)C)CCC1. The molecule has 0 aliphatic heterocycles. The molecule has 20 heavy (non-hydrogen) atoms. The van der Waals surface area contributed by atoms with Crippen molar-refractivity contribution in [1.82, 2.24) is 0 Å². The van der Waals surface area contributed by atoms with Crippen molar-refractivity contribution in [2.75, 3.05) is 0 Å². The van der Waals surface area contributed by atoms with Crippen molar-refractivity contribution in [3.63, 3.8) is 0 Å². The van der Waals surface area contributed by atoms with E-state index in [4.69, 9.17) is 4.74 Å². The summed E-state index contributed by atoms with van der Waals surface area (Å²) >= 11 is 0. The molecule has 0 aromatic heterocycles. The lowest BCUT2D eigenvalue weighted by Gasteiger charge is -2.35. The summed E-state index contributed by atoms with van der Waals surface area (Å²) in [4.78, 5) is 12.7. The van der Waals surface area contributed by atoms with Crippen LogP contribution in [0.4, 0.5) is 0 Å². The first-order chi connectivity index (χ1) is 8.94. The summed E-state index contributed by atoms with van der Waals surface area (Å²) in [7, 11) is 0. The van der Waals surface area contributed by atoms with Crippen LogP contribution >= 0.6 is 0 Å². The van der Waals surface area contributed by atoms with Crippen molar-refractivity contribution in [2.24, 2.45) is 10.8 Å². The van der Waals surface area contributed by atoms with Crippen LogP contribution in [0.1, 0.15) is 74.1 Å². The molecule has 2 atom stereocenters. The van der Waals surface area contributed by atoms with Gasteiger partial charge in [-0.05, 0) is 46.5 Å². The van der Waals surface area contributed by atoms with Crippen molar-refractivity contribution < 1.29 is 9.53 Å². The standard InChI is InChI=1S/C18H32O2/c1-16(2,3)15(19)18(7)12-8-10-14(11-9-13-18)20-17(4,5)6/h8,10,14H,9,11-13H2,1-7H3/b10-8+/t14-,18+/m1/s1. The van der Waals surface area contributed by atoms with Gasteiger partial charge in [-0.1, -0.05) is 39.8 Å². The second kappa shape index (κ2) is 6.01. The van der Waals surface area contributed by atoms with Gasteiger partial charge in [0.2, 0.25) is 0 Å². The molecule has 0 fully saturated rings. The first-order valence-corrected chi connectivity index (χ1v) is 7.83. The molecule has 0 aromatic rings. The van der Waals surface area contributed by atoms with Crippen LogP contribution in [0.2, 0.25) is 0 Å². The van der Waals surface area contributed by atoms with Crippen LogP contribution in [0.15, 0.2) is 12.2 Å². The van der Waals surface area contributed by atoms with Gasteiger partial charge in [-0.2, -0.15) is 0 Å². The van der Waals surface area contributed by atoms with Gasteiger partial charge >= 0.3 is 0 Å². The Morgan fingerprint density at radius 1 is 1.20 bits per heavy atom. The summed E-state index contributed by atoms with van der Waals surface area (Å²) in [6.45, 7) is 14.5. The fourth-order valence-corrected chi connectivity index (χ4v) is 3.04. The zero-order valence-corrected chi connectivity index (χ0v) is 14.4. The quantitative estimate of drug-likeness (QED) is 0.671. The smallest absolute Gasteiger partial charge is 0.144 e. The van der Waals surface area contributed by atoms with Crippen molar-refractivity contribution in [1.29, 1.82) is 0 Å². The van der Waals surface area contributed by atoms with Gasteiger partial charge in [0.05, 0.1) is 11.7 Å². The van der Waals surface area contributed by atoms with E-state index in [2.05, 4.69) is 39.8 Å². The van der Waals surface area contributed by atoms with E-state index in [-0.39, 0.29) is 22.5 Å². The molecule has 116 valence electrons. The van der Waals surface area contributed by atoms with Crippen LogP contribution in [0.25, 0.3) is 0 Å². The van der Waals surface area contributed by atoms with Crippen LogP contribution in [0.3, 0.4) is 0 Å². The number of allylic oxidation sites excluding steroid dienone is 1. The maximum atomic E-state index is 12.7. The first-order valence-electron chi connectivity index (χ1n) is 7.83. The molecule has 0 heterocycles. The Balaban J connectivity index is 2.77. The molecule has 0 radical (unpaired) electrons. The van der Waals surface area contributed by atoms with Gasteiger partial charge < -0.3 is 4.74 Å². The monoisotopic (exact) mass is 280 g/mol. The minimum absolute atomic E-state index is 0.112. The van der Waals surface area contributed by atoms with Crippen molar-refractivity contribution in [3.8, 4) is 0 Å². The molecule has 1 rings (SSSR count). The second-order valence-electron chi connectivity index (χ2n) is 8.43. The molecule has 1 aliphatic carbocycles. The van der Waals surface area contributed by atoms with Crippen molar-refractivity contribution in [3.05, 3.63) is 12.2 Å². The lowest BCUT2D eigenvalue weighted by Crippen LogP contribution is -2.38. The summed E-state index contributed by atoms with van der Waals surface area (Å²) < 4.78 is 6.04.